The van der Waals surface area contributed by atoms with Gasteiger partial charge in [0.25, 0.3) is 11.5 Å². The quantitative estimate of drug-likeness (QED) is 0.525. The highest BCUT2D eigenvalue weighted by Gasteiger charge is 2.63. The first-order valence-corrected chi connectivity index (χ1v) is 11.5. The summed E-state index contributed by atoms with van der Waals surface area (Å²) in [5.74, 6) is -0.0185. The minimum Gasteiger partial charge on any atom is -0.372 e. The lowest BCUT2D eigenvalue weighted by atomic mass is 9.89. The topological polar surface area (TPSA) is 53.9 Å². The Bertz CT molecular complexity index is 1140. The first-order chi connectivity index (χ1) is 15.8. The van der Waals surface area contributed by atoms with Gasteiger partial charge in [-0.2, -0.15) is 13.2 Å². The lowest BCUT2D eigenvalue weighted by Gasteiger charge is -2.30. The van der Waals surface area contributed by atoms with Gasteiger partial charge >= 0.3 is 6.18 Å². The predicted octanol–water partition coefficient (Wildman–Crippen LogP) is 6.28. The number of alkyl halides is 3. The molecule has 1 N–H and O–H groups in total. The van der Waals surface area contributed by atoms with Crippen molar-refractivity contribution < 1.29 is 22.8 Å². The molecule has 0 saturated carbocycles. The van der Waals surface area contributed by atoms with Gasteiger partial charge in [-0.05, 0) is 46.9 Å². The van der Waals surface area contributed by atoms with Crippen molar-refractivity contribution in [2.75, 3.05) is 6.54 Å². The summed E-state index contributed by atoms with van der Waals surface area (Å²) in [5.41, 5.74) is -0.642. The van der Waals surface area contributed by atoms with Gasteiger partial charge in [0.2, 0.25) is 0 Å². The second kappa shape index (κ2) is 8.64. The van der Waals surface area contributed by atoms with Crippen LogP contribution in [0.1, 0.15) is 54.2 Å². The monoisotopic (exact) mass is 513 g/mol. The first-order valence-electron chi connectivity index (χ1n) is 10.7. The summed E-state index contributed by atoms with van der Waals surface area (Å²) in [5, 5.41) is 6.89. The van der Waals surface area contributed by atoms with Crippen LogP contribution >= 0.6 is 23.2 Å². The van der Waals surface area contributed by atoms with E-state index in [-0.39, 0.29) is 32.8 Å². The molecule has 182 valence electrons. The number of amidine groups is 1. The number of halogens is 5. The fourth-order valence-corrected chi connectivity index (χ4v) is 4.54. The van der Waals surface area contributed by atoms with Gasteiger partial charge in [0.05, 0.1) is 6.42 Å². The van der Waals surface area contributed by atoms with Crippen molar-refractivity contribution in [3.05, 3.63) is 68.7 Å². The van der Waals surface area contributed by atoms with Crippen LogP contribution in [0.5, 0.6) is 0 Å². The number of nitrogens with one attached hydrogen (secondary N) is 1. The summed E-state index contributed by atoms with van der Waals surface area (Å²) in [6.45, 7) is 7.29. The number of benzene rings is 2. The first kappa shape index (κ1) is 24.7. The minimum absolute atomic E-state index is 0.0536. The Morgan fingerprint density at radius 3 is 2.35 bits per heavy atom. The molecule has 4 rings (SSSR count). The van der Waals surface area contributed by atoms with Crippen molar-refractivity contribution in [1.82, 2.24) is 10.2 Å². The van der Waals surface area contributed by atoms with Crippen LogP contribution < -0.4 is 5.32 Å². The second-order valence-electron chi connectivity index (χ2n) is 9.84. The number of rotatable bonds is 3. The molecule has 0 spiro atoms. The smallest absolute Gasteiger partial charge is 0.372 e. The highest BCUT2D eigenvalue weighted by Crippen LogP contribution is 2.49. The molecule has 1 unspecified atom stereocenters. The molecule has 0 bridgehead atoms. The molecular formula is C24H24Cl2F3N3O2. The third-order valence-corrected chi connectivity index (χ3v) is 6.27. The van der Waals surface area contributed by atoms with E-state index in [1.165, 1.54) is 18.2 Å². The van der Waals surface area contributed by atoms with Crippen LogP contribution in [-0.2, 0) is 23.5 Å². The molecule has 0 radical (unpaired) electrons. The third-order valence-electron chi connectivity index (χ3n) is 5.84. The average molecular weight is 514 g/mol. The van der Waals surface area contributed by atoms with Gasteiger partial charge in [-0.15, -0.1) is 0 Å². The molecular weight excluding hydrogens is 490 g/mol. The Hall–Kier alpha value is -2.45. The standard InChI is InChI=1S/C24H24Cl2F3N3O2/c1-22(2,3)13-30-21(33)14-4-5-15-11-32(12-16(15)6-14)20-10-23(34-31-20,24(27,28)29)17-7-18(25)9-19(26)8-17/h4-9H,10-13H2,1-3H3,(H,30,33). The zero-order valence-corrected chi connectivity index (χ0v) is 20.4. The van der Waals surface area contributed by atoms with Gasteiger partial charge in [-0.1, -0.05) is 55.2 Å². The van der Waals surface area contributed by atoms with E-state index in [2.05, 4.69) is 10.5 Å². The number of hydrogen-bond donors (Lipinski definition) is 1. The Balaban J connectivity index is 1.52. The van der Waals surface area contributed by atoms with Crippen molar-refractivity contribution in [3.8, 4) is 0 Å². The van der Waals surface area contributed by atoms with E-state index in [1.807, 2.05) is 26.8 Å². The molecule has 0 aromatic heterocycles. The van der Waals surface area contributed by atoms with Crippen LogP contribution in [0.15, 0.2) is 41.6 Å². The molecule has 34 heavy (non-hydrogen) atoms. The number of oxime groups is 1. The summed E-state index contributed by atoms with van der Waals surface area (Å²) in [7, 11) is 0. The molecule has 1 amide bonds. The number of amides is 1. The molecule has 2 aromatic carbocycles. The number of nitrogens with zero attached hydrogens (tertiary/aromatic N) is 2. The number of fused-ring (bicyclic) bond motifs is 1. The average Bonchev–Trinajstić information content (AvgIpc) is 3.35. The third kappa shape index (κ3) is 4.84. The van der Waals surface area contributed by atoms with E-state index in [0.717, 1.165) is 11.1 Å². The number of carbonyl (C=O) groups excluding carboxylic acids is 1. The summed E-state index contributed by atoms with van der Waals surface area (Å²) >= 11 is 11.9. The Kier molecular flexibility index (Phi) is 6.27. The molecule has 0 fully saturated rings. The zero-order valence-electron chi connectivity index (χ0n) is 18.9. The second-order valence-corrected chi connectivity index (χ2v) is 10.7. The van der Waals surface area contributed by atoms with Crippen molar-refractivity contribution in [3.63, 3.8) is 0 Å². The molecule has 1 atom stereocenters. The highest BCUT2D eigenvalue weighted by molar-refractivity contribution is 6.34. The van der Waals surface area contributed by atoms with Crippen molar-refractivity contribution in [2.24, 2.45) is 10.6 Å². The van der Waals surface area contributed by atoms with Crippen molar-refractivity contribution in [2.45, 2.75) is 52.1 Å². The maximum atomic E-state index is 14.2. The van der Waals surface area contributed by atoms with Crippen LogP contribution in [0.3, 0.4) is 0 Å². The van der Waals surface area contributed by atoms with E-state index in [1.54, 1.807) is 17.0 Å². The molecule has 2 aromatic rings. The molecule has 10 heteroatoms. The summed E-state index contributed by atoms with van der Waals surface area (Å²) in [6, 6.07) is 9.07. The van der Waals surface area contributed by atoms with Gasteiger partial charge in [0.15, 0.2) is 0 Å². The Labute approximate surface area is 205 Å². The lowest BCUT2D eigenvalue weighted by molar-refractivity contribution is -0.275. The molecule has 5 nitrogen and oxygen atoms in total. The van der Waals surface area contributed by atoms with Crippen LogP contribution in [0.2, 0.25) is 10.0 Å². The number of carbonyl (C=O) groups is 1. The lowest BCUT2D eigenvalue weighted by Crippen LogP contribution is -2.43. The fourth-order valence-electron chi connectivity index (χ4n) is 4.01. The van der Waals surface area contributed by atoms with Crippen molar-refractivity contribution >= 4 is 34.9 Å². The zero-order chi connectivity index (χ0) is 24.9. The van der Waals surface area contributed by atoms with E-state index in [9.17, 15) is 18.0 Å². The molecule has 0 aliphatic carbocycles. The molecule has 0 saturated heterocycles. The summed E-state index contributed by atoms with van der Waals surface area (Å²) < 4.78 is 42.7. The van der Waals surface area contributed by atoms with E-state index >= 15 is 0 Å². The molecule has 2 aliphatic rings. The maximum absolute atomic E-state index is 14.2. The number of hydrogen-bond acceptors (Lipinski definition) is 4. The fraction of sp³-hybridized carbons (Fsp3) is 0.417. The highest BCUT2D eigenvalue weighted by atomic mass is 35.5. The molecule has 2 aliphatic heterocycles. The predicted molar refractivity (Wildman–Crippen MR) is 125 cm³/mol. The minimum atomic E-state index is -4.75. The van der Waals surface area contributed by atoms with E-state index in [4.69, 9.17) is 28.0 Å². The maximum Gasteiger partial charge on any atom is 0.435 e. The van der Waals surface area contributed by atoms with Crippen LogP contribution in [0.4, 0.5) is 13.2 Å². The van der Waals surface area contributed by atoms with Crippen molar-refractivity contribution in [1.29, 1.82) is 0 Å². The van der Waals surface area contributed by atoms with E-state index in [0.29, 0.717) is 25.2 Å². The van der Waals surface area contributed by atoms with Crippen LogP contribution in [-0.4, -0.2) is 29.4 Å². The van der Waals surface area contributed by atoms with Gasteiger partial charge in [-0.3, -0.25) is 4.79 Å². The van der Waals surface area contributed by atoms with Gasteiger partial charge in [0, 0.05) is 40.8 Å². The van der Waals surface area contributed by atoms with E-state index < -0.39 is 18.2 Å². The summed E-state index contributed by atoms with van der Waals surface area (Å²) in [6.07, 6.45) is -5.27. The summed E-state index contributed by atoms with van der Waals surface area (Å²) in [4.78, 5) is 19.3. The van der Waals surface area contributed by atoms with Crippen LogP contribution in [0.25, 0.3) is 0 Å². The SMILES string of the molecule is CC(C)(C)CNC(=O)c1ccc2c(c1)CN(C1=NOC(c3cc(Cl)cc(Cl)c3)(C(F)(F)F)C1)C2. The van der Waals surface area contributed by atoms with Gasteiger partial charge in [0.1, 0.15) is 5.84 Å². The largest absolute Gasteiger partial charge is 0.435 e. The van der Waals surface area contributed by atoms with Crippen LogP contribution in [0, 0.1) is 5.41 Å². The normalized spacial score (nSPS) is 20.1. The molecule has 2 heterocycles. The Morgan fingerprint density at radius 2 is 1.74 bits per heavy atom. The van der Waals surface area contributed by atoms with Gasteiger partial charge in [-0.25, -0.2) is 0 Å². The van der Waals surface area contributed by atoms with Gasteiger partial charge < -0.3 is 15.1 Å². The Morgan fingerprint density at radius 1 is 1.09 bits per heavy atom.